The predicted molar refractivity (Wildman–Crippen MR) is 102 cm³/mol. The molecule has 0 saturated heterocycles. The molecule has 0 bridgehead atoms. The molecular formula is C20H23NO3S. The van der Waals surface area contributed by atoms with Gasteiger partial charge in [-0.1, -0.05) is 44.2 Å². The van der Waals surface area contributed by atoms with Crippen molar-refractivity contribution in [2.45, 2.75) is 31.6 Å². The van der Waals surface area contributed by atoms with Crippen molar-refractivity contribution >= 4 is 27.5 Å². The zero-order valence-corrected chi connectivity index (χ0v) is 15.7. The van der Waals surface area contributed by atoms with Crippen LogP contribution in [0.1, 0.15) is 36.5 Å². The molecule has 2 rings (SSSR count). The fraction of sp³-hybridized carbons (Fsp3) is 0.250. The number of rotatable bonds is 5. The van der Waals surface area contributed by atoms with Crippen LogP contribution in [0.4, 0.5) is 5.69 Å². The van der Waals surface area contributed by atoms with E-state index in [2.05, 4.69) is 19.2 Å². The van der Waals surface area contributed by atoms with Crippen LogP contribution in [-0.4, -0.2) is 20.6 Å². The van der Waals surface area contributed by atoms with Crippen molar-refractivity contribution in [3.05, 3.63) is 65.2 Å². The zero-order valence-electron chi connectivity index (χ0n) is 14.9. The molecule has 132 valence electrons. The van der Waals surface area contributed by atoms with Gasteiger partial charge in [0.2, 0.25) is 5.91 Å². The summed E-state index contributed by atoms with van der Waals surface area (Å²) in [6.45, 7) is 6.08. The second-order valence-electron chi connectivity index (χ2n) is 6.39. The maximum absolute atomic E-state index is 12.1. The van der Waals surface area contributed by atoms with Gasteiger partial charge >= 0.3 is 0 Å². The van der Waals surface area contributed by atoms with Crippen molar-refractivity contribution in [2.24, 2.45) is 0 Å². The minimum Gasteiger partial charge on any atom is -0.322 e. The third-order valence-electron chi connectivity index (χ3n) is 3.93. The van der Waals surface area contributed by atoms with Crippen molar-refractivity contribution in [2.75, 3.05) is 11.6 Å². The van der Waals surface area contributed by atoms with Crippen LogP contribution in [0.25, 0.3) is 6.08 Å². The molecule has 0 saturated carbocycles. The lowest BCUT2D eigenvalue weighted by Crippen LogP contribution is -2.10. The molecule has 1 amide bonds. The van der Waals surface area contributed by atoms with Crippen molar-refractivity contribution in [1.82, 2.24) is 0 Å². The Morgan fingerprint density at radius 1 is 1.08 bits per heavy atom. The Morgan fingerprint density at radius 2 is 1.72 bits per heavy atom. The summed E-state index contributed by atoms with van der Waals surface area (Å²) < 4.78 is 23.3. The van der Waals surface area contributed by atoms with Crippen LogP contribution >= 0.6 is 0 Å². The first kappa shape index (κ1) is 18.9. The van der Waals surface area contributed by atoms with E-state index in [4.69, 9.17) is 0 Å². The Morgan fingerprint density at radius 3 is 2.28 bits per heavy atom. The Bertz CT molecular complexity index is 895. The molecule has 5 heteroatoms. The summed E-state index contributed by atoms with van der Waals surface area (Å²) in [5.41, 5.74) is 3.47. The number of amides is 1. The van der Waals surface area contributed by atoms with Crippen molar-refractivity contribution < 1.29 is 13.2 Å². The van der Waals surface area contributed by atoms with Gasteiger partial charge in [0.1, 0.15) is 0 Å². The van der Waals surface area contributed by atoms with E-state index < -0.39 is 9.84 Å². The van der Waals surface area contributed by atoms with Crippen LogP contribution in [-0.2, 0) is 14.6 Å². The third-order valence-corrected chi connectivity index (χ3v) is 5.04. The molecule has 1 N–H and O–H groups in total. The summed E-state index contributed by atoms with van der Waals surface area (Å²) in [5.74, 6) is 0.160. The van der Waals surface area contributed by atoms with Gasteiger partial charge in [-0.15, -0.1) is 0 Å². The normalized spacial score (nSPS) is 11.9. The number of aryl methyl sites for hydroxylation is 1. The highest BCUT2D eigenvalue weighted by atomic mass is 32.2. The lowest BCUT2D eigenvalue weighted by Gasteiger charge is -2.08. The van der Waals surface area contributed by atoms with Crippen LogP contribution in [0.2, 0.25) is 0 Å². The highest BCUT2D eigenvalue weighted by Gasteiger charge is 2.10. The Kier molecular flexibility index (Phi) is 5.80. The lowest BCUT2D eigenvalue weighted by molar-refractivity contribution is -0.111. The largest absolute Gasteiger partial charge is 0.322 e. The van der Waals surface area contributed by atoms with Crippen molar-refractivity contribution in [1.29, 1.82) is 0 Å². The average molecular weight is 357 g/mol. The molecule has 0 aromatic heterocycles. The summed E-state index contributed by atoms with van der Waals surface area (Å²) in [5, 5.41) is 2.73. The molecule has 0 spiro atoms. The Labute approximate surface area is 149 Å². The molecular weight excluding hydrogens is 334 g/mol. The number of hydrogen-bond acceptors (Lipinski definition) is 3. The maximum Gasteiger partial charge on any atom is 0.248 e. The van der Waals surface area contributed by atoms with Crippen LogP contribution in [0.3, 0.4) is 0 Å². The quantitative estimate of drug-likeness (QED) is 0.817. The third kappa shape index (κ3) is 5.29. The van der Waals surface area contributed by atoms with E-state index in [-0.39, 0.29) is 10.8 Å². The van der Waals surface area contributed by atoms with Gasteiger partial charge in [0, 0.05) is 18.0 Å². The second kappa shape index (κ2) is 7.66. The summed E-state index contributed by atoms with van der Waals surface area (Å²) in [7, 11) is -3.31. The van der Waals surface area contributed by atoms with Crippen LogP contribution in [0.15, 0.2) is 53.4 Å². The minimum atomic E-state index is -3.31. The monoisotopic (exact) mass is 357 g/mol. The summed E-state index contributed by atoms with van der Waals surface area (Å²) in [6.07, 6.45) is 4.32. The summed E-state index contributed by atoms with van der Waals surface area (Å²) in [4.78, 5) is 12.3. The predicted octanol–water partition coefficient (Wildman–Crippen LogP) is 4.17. The fourth-order valence-electron chi connectivity index (χ4n) is 2.30. The first-order chi connectivity index (χ1) is 11.7. The molecule has 4 nitrogen and oxygen atoms in total. The van der Waals surface area contributed by atoms with E-state index in [0.717, 1.165) is 17.4 Å². The van der Waals surface area contributed by atoms with Gasteiger partial charge in [-0.25, -0.2) is 8.42 Å². The molecule has 25 heavy (non-hydrogen) atoms. The zero-order chi connectivity index (χ0) is 18.6. The Balaban J connectivity index is 2.12. The molecule has 0 atom stereocenters. The molecule has 0 radical (unpaired) electrons. The molecule has 0 unspecified atom stereocenters. The van der Waals surface area contributed by atoms with E-state index in [1.165, 1.54) is 23.8 Å². The lowest BCUT2D eigenvalue weighted by atomic mass is 10.0. The van der Waals surface area contributed by atoms with Gasteiger partial charge in [-0.2, -0.15) is 0 Å². The van der Waals surface area contributed by atoms with Gasteiger partial charge in [-0.05, 0) is 47.7 Å². The molecule has 2 aromatic rings. The molecule has 0 aliphatic carbocycles. The van der Waals surface area contributed by atoms with Crippen molar-refractivity contribution in [3.8, 4) is 0 Å². The SMILES string of the molecule is Cc1ccc(S(C)(=O)=O)cc1NC(=O)/C=C/c1ccc(C(C)C)cc1. The van der Waals surface area contributed by atoms with E-state index >= 15 is 0 Å². The van der Waals surface area contributed by atoms with Crippen molar-refractivity contribution in [3.63, 3.8) is 0 Å². The number of carbonyl (C=O) groups excluding carboxylic acids is 1. The van der Waals surface area contributed by atoms with Gasteiger partial charge in [0.05, 0.1) is 4.90 Å². The number of anilines is 1. The number of hydrogen-bond donors (Lipinski definition) is 1. The molecule has 0 aliphatic heterocycles. The number of nitrogens with one attached hydrogen (secondary N) is 1. The number of benzene rings is 2. The van der Waals surface area contributed by atoms with Gasteiger partial charge in [0.15, 0.2) is 9.84 Å². The highest BCUT2D eigenvalue weighted by Crippen LogP contribution is 2.20. The Hall–Kier alpha value is -2.40. The van der Waals surface area contributed by atoms with Gasteiger partial charge < -0.3 is 5.32 Å². The van der Waals surface area contributed by atoms with E-state index in [0.29, 0.717) is 11.6 Å². The number of sulfone groups is 1. The molecule has 0 aliphatic rings. The van der Waals surface area contributed by atoms with E-state index in [1.54, 1.807) is 12.1 Å². The standard InChI is InChI=1S/C20H23NO3S/c1-14(2)17-9-6-16(7-10-17)8-12-20(22)21-19-13-18(25(4,23)24)11-5-15(19)3/h5-14H,1-4H3,(H,21,22)/b12-8+. The smallest absolute Gasteiger partial charge is 0.248 e. The first-order valence-corrected chi connectivity index (χ1v) is 9.95. The molecule has 0 heterocycles. The topological polar surface area (TPSA) is 63.2 Å². The van der Waals surface area contributed by atoms with Gasteiger partial charge in [-0.3, -0.25) is 4.79 Å². The van der Waals surface area contributed by atoms with Gasteiger partial charge in [0.25, 0.3) is 0 Å². The van der Waals surface area contributed by atoms with Crippen LogP contribution in [0, 0.1) is 6.92 Å². The average Bonchev–Trinajstić information content (AvgIpc) is 2.54. The summed E-state index contributed by atoms with van der Waals surface area (Å²) in [6, 6.07) is 12.7. The second-order valence-corrected chi connectivity index (χ2v) is 8.41. The highest BCUT2D eigenvalue weighted by molar-refractivity contribution is 7.90. The minimum absolute atomic E-state index is 0.182. The number of carbonyl (C=O) groups is 1. The van der Waals surface area contributed by atoms with E-state index in [1.807, 2.05) is 31.2 Å². The maximum atomic E-state index is 12.1. The first-order valence-electron chi connectivity index (χ1n) is 8.06. The molecule has 2 aromatic carbocycles. The van der Waals surface area contributed by atoms with Crippen LogP contribution < -0.4 is 5.32 Å². The molecule has 0 fully saturated rings. The van der Waals surface area contributed by atoms with Crippen LogP contribution in [0.5, 0.6) is 0 Å². The summed E-state index contributed by atoms with van der Waals surface area (Å²) >= 11 is 0. The fourth-order valence-corrected chi connectivity index (χ4v) is 2.95. The van der Waals surface area contributed by atoms with E-state index in [9.17, 15) is 13.2 Å².